The number of rotatable bonds is 7. The van der Waals surface area contributed by atoms with E-state index in [9.17, 15) is 13.2 Å². The Balaban J connectivity index is 2.12. The lowest BCUT2D eigenvalue weighted by Gasteiger charge is -2.16. The van der Waals surface area contributed by atoms with Crippen molar-refractivity contribution in [2.75, 3.05) is 0 Å². The number of benzene rings is 2. The fourth-order valence-electron chi connectivity index (χ4n) is 2.26. The van der Waals surface area contributed by atoms with Gasteiger partial charge in [0, 0.05) is 0 Å². The van der Waals surface area contributed by atoms with E-state index in [-0.39, 0.29) is 12.2 Å². The molecule has 2 aromatic carbocycles. The molecule has 0 bridgehead atoms. The molecule has 0 saturated carbocycles. The van der Waals surface area contributed by atoms with Crippen molar-refractivity contribution in [3.8, 4) is 6.07 Å². The molecule has 0 aliphatic heterocycles. The van der Waals surface area contributed by atoms with Gasteiger partial charge in [0.05, 0.1) is 17.4 Å². The van der Waals surface area contributed by atoms with Crippen LogP contribution in [0, 0.1) is 11.3 Å². The van der Waals surface area contributed by atoms with Crippen molar-refractivity contribution in [2.24, 2.45) is 5.73 Å². The van der Waals surface area contributed by atoms with Gasteiger partial charge in [0.15, 0.2) is 0 Å². The summed E-state index contributed by atoms with van der Waals surface area (Å²) in [6.45, 7) is 0. The standard InChI is InChI=1S/C17H17N3O3S/c18-11-14-7-4-8-15(9-14)12-24(22,23)20-16(17(19)21)10-13-5-2-1-3-6-13/h1-9,16,20H,10,12H2,(H2,19,21)/t16-/m0/s1. The summed E-state index contributed by atoms with van der Waals surface area (Å²) < 4.78 is 26.9. The molecule has 1 atom stereocenters. The van der Waals surface area contributed by atoms with Crippen LogP contribution in [0.2, 0.25) is 0 Å². The van der Waals surface area contributed by atoms with Gasteiger partial charge in [-0.05, 0) is 29.7 Å². The van der Waals surface area contributed by atoms with Gasteiger partial charge in [-0.3, -0.25) is 4.79 Å². The van der Waals surface area contributed by atoms with Crippen molar-refractivity contribution in [1.82, 2.24) is 4.72 Å². The van der Waals surface area contributed by atoms with Gasteiger partial charge in [-0.15, -0.1) is 0 Å². The lowest BCUT2D eigenvalue weighted by molar-refractivity contribution is -0.119. The summed E-state index contributed by atoms with van der Waals surface area (Å²) in [4.78, 5) is 11.6. The molecule has 0 aromatic heterocycles. The molecule has 6 nitrogen and oxygen atoms in total. The van der Waals surface area contributed by atoms with Gasteiger partial charge in [-0.25, -0.2) is 13.1 Å². The average Bonchev–Trinajstić information content (AvgIpc) is 2.54. The first-order valence-electron chi connectivity index (χ1n) is 7.22. The maximum absolute atomic E-state index is 12.3. The second kappa shape index (κ2) is 7.73. The van der Waals surface area contributed by atoms with Gasteiger partial charge in [0.25, 0.3) is 0 Å². The molecule has 24 heavy (non-hydrogen) atoms. The Morgan fingerprint density at radius 2 is 1.79 bits per heavy atom. The van der Waals surface area contributed by atoms with E-state index in [4.69, 9.17) is 11.0 Å². The van der Waals surface area contributed by atoms with Gasteiger partial charge >= 0.3 is 0 Å². The Hall–Kier alpha value is -2.69. The van der Waals surface area contributed by atoms with Gasteiger partial charge in [-0.2, -0.15) is 5.26 Å². The number of hydrogen-bond donors (Lipinski definition) is 2. The zero-order valence-corrected chi connectivity index (χ0v) is 13.7. The number of nitrogens with zero attached hydrogens (tertiary/aromatic N) is 1. The van der Waals surface area contributed by atoms with Crippen molar-refractivity contribution in [1.29, 1.82) is 5.26 Å². The predicted molar refractivity (Wildman–Crippen MR) is 90.0 cm³/mol. The van der Waals surface area contributed by atoms with Crippen molar-refractivity contribution in [3.05, 3.63) is 71.3 Å². The van der Waals surface area contributed by atoms with E-state index in [1.54, 1.807) is 42.5 Å². The van der Waals surface area contributed by atoms with E-state index in [2.05, 4.69) is 4.72 Å². The molecule has 0 saturated heterocycles. The first-order valence-corrected chi connectivity index (χ1v) is 8.87. The second-order valence-corrected chi connectivity index (χ2v) is 7.09. The molecule has 0 aliphatic rings. The third-order valence-electron chi connectivity index (χ3n) is 3.36. The largest absolute Gasteiger partial charge is 0.368 e. The third kappa shape index (κ3) is 5.19. The molecule has 0 unspecified atom stereocenters. The quantitative estimate of drug-likeness (QED) is 0.783. The number of nitrogens with one attached hydrogen (secondary N) is 1. The SMILES string of the molecule is N#Cc1cccc(CS(=O)(=O)N[C@@H](Cc2ccccc2)C(N)=O)c1. The summed E-state index contributed by atoms with van der Waals surface area (Å²) >= 11 is 0. The second-order valence-electron chi connectivity index (χ2n) is 5.33. The highest BCUT2D eigenvalue weighted by Gasteiger charge is 2.23. The number of hydrogen-bond acceptors (Lipinski definition) is 4. The van der Waals surface area contributed by atoms with Crippen molar-refractivity contribution in [3.63, 3.8) is 0 Å². The summed E-state index contributed by atoms with van der Waals surface area (Å²) in [5, 5.41) is 8.87. The van der Waals surface area contributed by atoms with Crippen LogP contribution in [0.1, 0.15) is 16.7 Å². The summed E-state index contributed by atoms with van der Waals surface area (Å²) in [5.41, 5.74) is 6.96. The summed E-state index contributed by atoms with van der Waals surface area (Å²) in [6, 6.07) is 16.2. The Morgan fingerprint density at radius 3 is 2.42 bits per heavy atom. The Bertz CT molecular complexity index is 858. The first-order chi connectivity index (χ1) is 11.4. The smallest absolute Gasteiger partial charge is 0.235 e. The minimum atomic E-state index is -3.78. The van der Waals surface area contributed by atoms with E-state index < -0.39 is 22.0 Å². The fraction of sp³-hybridized carbons (Fsp3) is 0.176. The van der Waals surface area contributed by atoms with Crippen LogP contribution in [0.4, 0.5) is 0 Å². The van der Waals surface area contributed by atoms with Crippen molar-refractivity contribution >= 4 is 15.9 Å². The maximum atomic E-state index is 12.3. The molecule has 2 aromatic rings. The van der Waals surface area contributed by atoms with Crippen LogP contribution >= 0.6 is 0 Å². The number of sulfonamides is 1. The minimum Gasteiger partial charge on any atom is -0.368 e. The van der Waals surface area contributed by atoms with Crippen molar-refractivity contribution in [2.45, 2.75) is 18.2 Å². The van der Waals surface area contributed by atoms with Gasteiger partial charge in [-0.1, -0.05) is 42.5 Å². The molecule has 1 amide bonds. The first kappa shape index (κ1) is 17.7. The number of carbonyl (C=O) groups excluding carboxylic acids is 1. The van der Waals surface area contributed by atoms with Gasteiger partial charge in [0.2, 0.25) is 15.9 Å². The predicted octanol–water partition coefficient (Wildman–Crippen LogP) is 1.07. The molecule has 124 valence electrons. The fourth-order valence-corrected chi connectivity index (χ4v) is 3.59. The topological polar surface area (TPSA) is 113 Å². The average molecular weight is 343 g/mol. The lowest BCUT2D eigenvalue weighted by Crippen LogP contribution is -2.46. The summed E-state index contributed by atoms with van der Waals surface area (Å²) in [6.07, 6.45) is 0.174. The maximum Gasteiger partial charge on any atom is 0.235 e. The van der Waals surface area contributed by atoms with Gasteiger partial charge < -0.3 is 5.73 Å². The Labute approximate surface area is 141 Å². The monoisotopic (exact) mass is 343 g/mol. The molecule has 7 heteroatoms. The summed E-state index contributed by atoms with van der Waals surface area (Å²) in [7, 11) is -3.78. The molecule has 0 radical (unpaired) electrons. The molecule has 2 rings (SSSR count). The molecular weight excluding hydrogens is 326 g/mol. The van der Waals surface area contributed by atoms with E-state index in [1.165, 1.54) is 6.07 Å². The number of amides is 1. The van der Waals surface area contributed by atoms with Crippen LogP contribution in [0.5, 0.6) is 0 Å². The van der Waals surface area contributed by atoms with Crippen LogP contribution in [0.3, 0.4) is 0 Å². The molecule has 0 spiro atoms. The van der Waals surface area contributed by atoms with Crippen LogP contribution in [-0.4, -0.2) is 20.4 Å². The highest BCUT2D eigenvalue weighted by atomic mass is 32.2. The number of primary amides is 1. The molecular formula is C17H17N3O3S. The Kier molecular flexibility index (Phi) is 5.68. The number of carbonyl (C=O) groups is 1. The van der Waals surface area contributed by atoms with Crippen LogP contribution in [0.15, 0.2) is 54.6 Å². The number of nitrogens with two attached hydrogens (primary N) is 1. The third-order valence-corrected chi connectivity index (χ3v) is 4.72. The lowest BCUT2D eigenvalue weighted by atomic mass is 10.1. The summed E-state index contributed by atoms with van der Waals surface area (Å²) in [5.74, 6) is -1.07. The molecule has 0 aliphatic carbocycles. The molecule has 0 fully saturated rings. The van der Waals surface area contributed by atoms with E-state index in [0.29, 0.717) is 11.1 Å². The van der Waals surface area contributed by atoms with E-state index in [0.717, 1.165) is 5.56 Å². The number of nitriles is 1. The van der Waals surface area contributed by atoms with E-state index >= 15 is 0 Å². The highest BCUT2D eigenvalue weighted by Crippen LogP contribution is 2.10. The highest BCUT2D eigenvalue weighted by molar-refractivity contribution is 7.88. The van der Waals surface area contributed by atoms with Crippen LogP contribution in [0.25, 0.3) is 0 Å². The normalized spacial score (nSPS) is 12.3. The minimum absolute atomic E-state index is 0.174. The molecule has 3 N–H and O–H groups in total. The van der Waals surface area contributed by atoms with E-state index in [1.807, 2.05) is 12.1 Å². The Morgan fingerprint density at radius 1 is 1.12 bits per heavy atom. The molecule has 0 heterocycles. The van der Waals surface area contributed by atoms with Crippen LogP contribution < -0.4 is 10.5 Å². The zero-order valence-electron chi connectivity index (χ0n) is 12.8. The zero-order chi connectivity index (χ0) is 17.6. The van der Waals surface area contributed by atoms with Crippen molar-refractivity contribution < 1.29 is 13.2 Å². The van der Waals surface area contributed by atoms with Gasteiger partial charge in [0.1, 0.15) is 6.04 Å². The van der Waals surface area contributed by atoms with Crippen LogP contribution in [-0.2, 0) is 27.0 Å².